The zero-order chi connectivity index (χ0) is 34.3. The molecular weight excluding hydrogens is 588 g/mol. The molecular formula is C40H69AlLiN3O2. The average molecular weight is 658 g/mol. The number of hydrogen-bond acceptors (Lipinski definition) is 2. The van der Waals surface area contributed by atoms with E-state index in [1.165, 1.54) is 11.1 Å². The Morgan fingerprint density at radius 1 is 0.553 bits per heavy atom. The molecule has 0 aromatic carbocycles. The van der Waals surface area contributed by atoms with E-state index in [0.29, 0.717) is 0 Å². The van der Waals surface area contributed by atoms with Crippen LogP contribution < -0.4 is 18.9 Å². The molecule has 0 radical (unpaired) electrons. The van der Waals surface area contributed by atoms with Gasteiger partial charge in [0.15, 0.2) is 23.6 Å². The predicted molar refractivity (Wildman–Crippen MR) is 214 cm³/mol. The van der Waals surface area contributed by atoms with E-state index in [-0.39, 0.29) is 51.7 Å². The van der Waals surface area contributed by atoms with Gasteiger partial charge in [0.25, 0.3) is 0 Å². The Bertz CT molecular complexity index is 1480. The van der Waals surface area contributed by atoms with Crippen LogP contribution in [-0.4, -0.2) is 42.0 Å². The molecule has 0 atom stereocenters. The van der Waals surface area contributed by atoms with Gasteiger partial charge in [-0.2, -0.15) is 0 Å². The van der Waals surface area contributed by atoms with Crippen LogP contribution in [0.5, 0.6) is 0 Å². The van der Waals surface area contributed by atoms with E-state index in [4.69, 9.17) is 5.11 Å². The fraction of sp³-hybridized carbons (Fsp3) is 0.375. The number of aryl methyl sites for hydroxylation is 1. The number of aliphatic hydroxyl groups is 1. The van der Waals surface area contributed by atoms with Gasteiger partial charge >= 0.3 is 18.9 Å². The number of nitrogens with zero attached hydrogens (tertiary/aromatic N) is 3. The van der Waals surface area contributed by atoms with Gasteiger partial charge in [-0.1, -0.05) is 109 Å². The van der Waals surface area contributed by atoms with E-state index in [1.54, 1.807) is 0 Å². The first kappa shape index (κ1) is 56.4. The summed E-state index contributed by atoms with van der Waals surface area (Å²) in [7, 11) is 0. The van der Waals surface area contributed by atoms with Crippen LogP contribution in [0.1, 0.15) is 113 Å². The van der Waals surface area contributed by atoms with Crippen LogP contribution in [0.15, 0.2) is 110 Å². The van der Waals surface area contributed by atoms with Crippen LogP contribution >= 0.6 is 0 Å². The van der Waals surface area contributed by atoms with Gasteiger partial charge in [0, 0.05) is 53.8 Å². The Balaban J connectivity index is -0.0000000876. The predicted octanol–water partition coefficient (Wildman–Crippen LogP) is 8.16. The van der Waals surface area contributed by atoms with Crippen molar-refractivity contribution < 1.29 is 30.2 Å². The number of carbonyl (C=O) groups excluding carboxylic acids is 1. The van der Waals surface area contributed by atoms with Gasteiger partial charge in [-0.05, 0) is 67.1 Å². The summed E-state index contributed by atoms with van der Waals surface area (Å²) in [5, 5.41) is 8.91. The molecule has 6 rings (SSSR count). The molecule has 260 valence electrons. The number of pyridine rings is 3. The van der Waals surface area contributed by atoms with E-state index < -0.39 is 0 Å². The minimum Gasteiger partial charge on any atom is -1.00 e. The topological polar surface area (TPSA) is 50.5 Å². The summed E-state index contributed by atoms with van der Waals surface area (Å²) >= 11 is 0. The second-order valence-corrected chi connectivity index (χ2v) is 7.37. The van der Waals surface area contributed by atoms with Gasteiger partial charge in [-0.25, -0.2) is 0 Å². The van der Waals surface area contributed by atoms with Crippen LogP contribution in [0, 0.1) is 6.92 Å². The van der Waals surface area contributed by atoms with Gasteiger partial charge in [0.05, 0.1) is 17.6 Å². The van der Waals surface area contributed by atoms with Crippen molar-refractivity contribution in [3.05, 3.63) is 127 Å². The maximum absolute atomic E-state index is 10.5. The van der Waals surface area contributed by atoms with Crippen molar-refractivity contribution in [1.29, 1.82) is 0 Å². The van der Waals surface area contributed by atoms with Crippen LogP contribution in [0.4, 0.5) is 0 Å². The zero-order valence-corrected chi connectivity index (χ0v) is 30.9. The Morgan fingerprint density at radius 2 is 0.915 bits per heavy atom. The van der Waals surface area contributed by atoms with E-state index in [2.05, 4.69) is 41.9 Å². The number of rotatable bonds is 2. The van der Waals surface area contributed by atoms with Crippen molar-refractivity contribution in [2.75, 3.05) is 0 Å². The molecule has 6 aromatic heterocycles. The number of aldehydes is 1. The fourth-order valence-electron chi connectivity index (χ4n) is 3.62. The van der Waals surface area contributed by atoms with Crippen LogP contribution in [0.2, 0.25) is 0 Å². The minimum atomic E-state index is 0. The molecule has 0 spiro atoms. The SMILES string of the molecule is C.CC.CC.CC.CC.CC.CC.Cc1ccn2ccccc12.O=Cc1ccn2ccccc12.OCc1ccn2ccccc12.[AlH3].[H-].[Li+]. The van der Waals surface area contributed by atoms with Crippen molar-refractivity contribution in [2.45, 2.75) is 104 Å². The molecule has 0 aliphatic heterocycles. The molecule has 0 aliphatic carbocycles. The molecule has 0 fully saturated rings. The molecule has 0 unspecified atom stereocenters. The van der Waals surface area contributed by atoms with Crippen molar-refractivity contribution in [3.63, 3.8) is 0 Å². The summed E-state index contributed by atoms with van der Waals surface area (Å²) in [6.45, 7) is 26.2. The second kappa shape index (κ2) is 39.2. The Kier molecular flexibility index (Phi) is 47.0. The maximum Gasteiger partial charge on any atom is 1.00 e. The zero-order valence-electron chi connectivity index (χ0n) is 31.9. The molecule has 7 heteroatoms. The summed E-state index contributed by atoms with van der Waals surface area (Å²) < 4.78 is 6.03. The largest absolute Gasteiger partial charge is 1.00 e. The molecule has 1 N–H and O–H groups in total. The van der Waals surface area contributed by atoms with Gasteiger partial charge in [-0.15, -0.1) is 0 Å². The first-order chi connectivity index (χ1) is 21.7. The Morgan fingerprint density at radius 3 is 1.34 bits per heavy atom. The minimum absolute atomic E-state index is 0. The van der Waals surface area contributed by atoms with E-state index in [0.717, 1.165) is 28.4 Å². The molecule has 0 aliphatic rings. The molecule has 0 amide bonds. The summed E-state index contributed by atoms with van der Waals surface area (Å²) in [4.78, 5) is 10.5. The third kappa shape index (κ3) is 19.5. The smallest absolute Gasteiger partial charge is 1.00 e. The van der Waals surface area contributed by atoms with Crippen molar-refractivity contribution in [1.82, 2.24) is 13.2 Å². The van der Waals surface area contributed by atoms with Crippen molar-refractivity contribution >= 4 is 40.2 Å². The first-order valence-electron chi connectivity index (χ1n) is 16.4. The number of hydrogen-bond donors (Lipinski definition) is 1. The third-order valence-corrected chi connectivity index (χ3v) is 5.33. The molecule has 6 aromatic rings. The van der Waals surface area contributed by atoms with E-state index in [9.17, 15) is 4.79 Å². The van der Waals surface area contributed by atoms with Crippen LogP contribution in [0.25, 0.3) is 16.6 Å². The molecule has 0 saturated carbocycles. The normalized spacial score (nSPS) is 7.87. The molecule has 0 saturated heterocycles. The number of aromatic nitrogens is 3. The molecule has 47 heavy (non-hydrogen) atoms. The molecule has 0 bridgehead atoms. The maximum atomic E-state index is 10.5. The molecule has 6 heterocycles. The summed E-state index contributed by atoms with van der Waals surface area (Å²) in [5.74, 6) is 0. The summed E-state index contributed by atoms with van der Waals surface area (Å²) in [6, 6.07) is 23.8. The van der Waals surface area contributed by atoms with Crippen LogP contribution in [-0.2, 0) is 6.61 Å². The van der Waals surface area contributed by atoms with Gasteiger partial charge in [0.1, 0.15) is 0 Å². The second-order valence-electron chi connectivity index (χ2n) is 7.37. The van der Waals surface area contributed by atoms with Gasteiger partial charge in [-0.3, -0.25) is 4.79 Å². The Labute approximate surface area is 312 Å². The van der Waals surface area contributed by atoms with Gasteiger partial charge < -0.3 is 19.7 Å². The fourth-order valence-corrected chi connectivity index (χ4v) is 3.62. The van der Waals surface area contributed by atoms with Crippen molar-refractivity contribution in [2.24, 2.45) is 0 Å². The standard InChI is InChI=1S/C9H9NO.C9H7NO.C9H9N.6C2H6.CH4.Al.Li.4H/c2*11-7-8-4-6-10-5-2-1-3-9(8)10;1-8-5-7-10-6-3-2-4-9(8)10;6*1-2;;;;;;;/h1-6,11H,7H2;1-7H;2-7H,1H3;6*1-2H3;1H4;;;;;;/q;;;;;;;;;;;+1;;;;-1. The first-order valence-corrected chi connectivity index (χ1v) is 16.4. The van der Waals surface area contributed by atoms with Gasteiger partial charge in [0.2, 0.25) is 0 Å². The number of aliphatic hydroxyl groups excluding tert-OH is 1. The summed E-state index contributed by atoms with van der Waals surface area (Å²) in [5.41, 5.74) is 6.39. The van der Waals surface area contributed by atoms with Crippen LogP contribution in [0.3, 0.4) is 0 Å². The third-order valence-electron chi connectivity index (χ3n) is 5.33. The summed E-state index contributed by atoms with van der Waals surface area (Å²) in [6.07, 6.45) is 12.7. The average Bonchev–Trinajstić information content (AvgIpc) is 3.87. The van der Waals surface area contributed by atoms with Crippen molar-refractivity contribution in [3.8, 4) is 0 Å². The Hall–Kier alpha value is -2.96. The number of fused-ring (bicyclic) bond motifs is 3. The monoisotopic (exact) mass is 658 g/mol. The quantitative estimate of drug-likeness (QED) is 0.151. The number of carbonyl (C=O) groups is 1. The molecule has 5 nitrogen and oxygen atoms in total. The van der Waals surface area contributed by atoms with E-state index in [1.807, 2.05) is 171 Å². The van der Waals surface area contributed by atoms with E-state index >= 15 is 0 Å².